The first-order chi connectivity index (χ1) is 12.8. The molecule has 0 amide bonds. The first-order valence-corrected chi connectivity index (χ1v) is 9.42. The Hall–Kier alpha value is -2.58. The zero-order valence-corrected chi connectivity index (χ0v) is 16.6. The molecular weight excluding hydrogens is 356 g/mol. The van der Waals surface area contributed by atoms with Gasteiger partial charge in [-0.05, 0) is 72.2 Å². The van der Waals surface area contributed by atoms with E-state index in [1.165, 1.54) is 0 Å². The van der Waals surface area contributed by atoms with Crippen LogP contribution in [0.2, 0.25) is 5.02 Å². The summed E-state index contributed by atoms with van der Waals surface area (Å²) in [6, 6.07) is 18.8. The average Bonchev–Trinajstić information content (AvgIpc) is 2.62. The summed E-state index contributed by atoms with van der Waals surface area (Å²) in [4.78, 5) is 11.0. The Kier molecular flexibility index (Phi) is 5.67. The van der Waals surface area contributed by atoms with Crippen LogP contribution in [0.4, 0.5) is 0 Å². The molecule has 0 atom stereocenters. The van der Waals surface area contributed by atoms with Crippen molar-refractivity contribution < 1.29 is 9.90 Å². The topological polar surface area (TPSA) is 37.3 Å². The number of rotatable bonds is 5. The number of carbonyl (C=O) groups is 1. The smallest absolute Gasteiger partial charge is 0.303 e. The number of hydrogen-bond acceptors (Lipinski definition) is 1. The fourth-order valence-electron chi connectivity index (χ4n) is 3.37. The Balaban J connectivity index is 2.00. The molecular formula is C24H23ClO2. The van der Waals surface area contributed by atoms with Crippen LogP contribution in [-0.4, -0.2) is 11.1 Å². The standard InChI is InChI=1S/C24H23ClO2/c1-15-4-9-22(18(12-15)8-11-24(26)27)19-7-10-21(17(3)13-19)20-6-5-16(2)23(25)14-20/h4-7,9-10,12-14H,8,11H2,1-3H3,(H,26,27). The molecule has 1 N–H and O–H groups in total. The molecule has 0 heterocycles. The van der Waals surface area contributed by atoms with Gasteiger partial charge >= 0.3 is 5.97 Å². The molecule has 3 aromatic carbocycles. The maximum Gasteiger partial charge on any atom is 0.303 e. The fraction of sp³-hybridized carbons (Fsp3) is 0.208. The van der Waals surface area contributed by atoms with Crippen LogP contribution in [0.25, 0.3) is 22.3 Å². The van der Waals surface area contributed by atoms with Crippen molar-refractivity contribution in [2.45, 2.75) is 33.6 Å². The van der Waals surface area contributed by atoms with Gasteiger partial charge in [0.25, 0.3) is 0 Å². The SMILES string of the molecule is Cc1ccc(-c2ccc(-c3ccc(C)c(Cl)c3)c(C)c2)c(CCC(=O)O)c1. The summed E-state index contributed by atoms with van der Waals surface area (Å²) in [5, 5.41) is 9.81. The maximum atomic E-state index is 11.0. The first kappa shape index (κ1) is 19.2. The van der Waals surface area contributed by atoms with E-state index in [0.717, 1.165) is 49.5 Å². The number of aliphatic carboxylic acids is 1. The molecule has 0 radical (unpaired) electrons. The van der Waals surface area contributed by atoms with Gasteiger partial charge in [0, 0.05) is 11.4 Å². The number of halogens is 1. The van der Waals surface area contributed by atoms with E-state index in [1.54, 1.807) is 0 Å². The zero-order valence-electron chi connectivity index (χ0n) is 15.8. The number of carboxylic acid groups (broad SMARTS) is 1. The summed E-state index contributed by atoms with van der Waals surface area (Å²) in [5.41, 5.74) is 8.90. The second kappa shape index (κ2) is 7.98. The maximum absolute atomic E-state index is 11.0. The van der Waals surface area contributed by atoms with Crippen LogP contribution in [0.15, 0.2) is 54.6 Å². The van der Waals surface area contributed by atoms with Crippen molar-refractivity contribution >= 4 is 17.6 Å². The van der Waals surface area contributed by atoms with E-state index >= 15 is 0 Å². The summed E-state index contributed by atoms with van der Waals surface area (Å²) in [7, 11) is 0. The lowest BCUT2D eigenvalue weighted by Crippen LogP contribution is -1.99. The van der Waals surface area contributed by atoms with Crippen LogP contribution in [0.5, 0.6) is 0 Å². The summed E-state index contributed by atoms with van der Waals surface area (Å²) in [6.07, 6.45) is 0.663. The second-order valence-corrected chi connectivity index (χ2v) is 7.46. The lowest BCUT2D eigenvalue weighted by atomic mass is 9.91. The van der Waals surface area contributed by atoms with Gasteiger partial charge < -0.3 is 5.11 Å². The Bertz CT molecular complexity index is 1010. The molecule has 0 unspecified atom stereocenters. The molecule has 0 aliphatic heterocycles. The van der Waals surface area contributed by atoms with Gasteiger partial charge in [-0.2, -0.15) is 0 Å². The lowest BCUT2D eigenvalue weighted by Gasteiger charge is -2.14. The number of hydrogen-bond donors (Lipinski definition) is 1. The molecule has 0 aliphatic carbocycles. The van der Waals surface area contributed by atoms with Crippen LogP contribution < -0.4 is 0 Å². The van der Waals surface area contributed by atoms with Crippen molar-refractivity contribution in [2.75, 3.05) is 0 Å². The first-order valence-electron chi connectivity index (χ1n) is 9.04. The predicted molar refractivity (Wildman–Crippen MR) is 112 cm³/mol. The average molecular weight is 379 g/mol. The number of carboxylic acids is 1. The highest BCUT2D eigenvalue weighted by Gasteiger charge is 2.10. The molecule has 27 heavy (non-hydrogen) atoms. The number of aryl methyl sites for hydroxylation is 4. The summed E-state index contributed by atoms with van der Waals surface area (Å²) >= 11 is 6.29. The molecule has 0 saturated carbocycles. The van der Waals surface area contributed by atoms with Gasteiger partial charge in [0.15, 0.2) is 0 Å². The van der Waals surface area contributed by atoms with Crippen molar-refractivity contribution in [1.29, 1.82) is 0 Å². The molecule has 0 spiro atoms. The molecule has 2 nitrogen and oxygen atoms in total. The van der Waals surface area contributed by atoms with E-state index in [9.17, 15) is 4.79 Å². The third-order valence-corrected chi connectivity index (χ3v) is 5.30. The van der Waals surface area contributed by atoms with Crippen molar-refractivity contribution in [2.24, 2.45) is 0 Å². The molecule has 0 saturated heterocycles. The summed E-state index contributed by atoms with van der Waals surface area (Å²) < 4.78 is 0. The summed E-state index contributed by atoms with van der Waals surface area (Å²) in [5.74, 6) is -0.773. The second-order valence-electron chi connectivity index (χ2n) is 7.05. The fourth-order valence-corrected chi connectivity index (χ4v) is 3.55. The Morgan fingerprint density at radius 2 is 1.52 bits per heavy atom. The van der Waals surface area contributed by atoms with Gasteiger partial charge in [0.2, 0.25) is 0 Å². The van der Waals surface area contributed by atoms with Gasteiger partial charge in [0.1, 0.15) is 0 Å². The Labute approximate surface area is 165 Å². The number of benzene rings is 3. The van der Waals surface area contributed by atoms with Gasteiger partial charge in [-0.1, -0.05) is 65.7 Å². The van der Waals surface area contributed by atoms with Crippen LogP contribution in [-0.2, 0) is 11.2 Å². The quantitative estimate of drug-likeness (QED) is 0.541. The van der Waals surface area contributed by atoms with Crippen molar-refractivity contribution in [3.05, 3.63) is 81.9 Å². The molecule has 3 rings (SSSR count). The predicted octanol–water partition coefficient (Wildman–Crippen LogP) is 6.62. The Morgan fingerprint density at radius 3 is 2.19 bits per heavy atom. The van der Waals surface area contributed by atoms with Crippen molar-refractivity contribution in [1.82, 2.24) is 0 Å². The van der Waals surface area contributed by atoms with Crippen molar-refractivity contribution in [3.8, 4) is 22.3 Å². The lowest BCUT2D eigenvalue weighted by molar-refractivity contribution is -0.136. The molecule has 138 valence electrons. The molecule has 3 aromatic rings. The third-order valence-electron chi connectivity index (χ3n) is 4.89. The van der Waals surface area contributed by atoms with Crippen LogP contribution in [0.3, 0.4) is 0 Å². The third kappa shape index (κ3) is 4.40. The molecule has 0 aromatic heterocycles. The minimum atomic E-state index is -0.773. The monoisotopic (exact) mass is 378 g/mol. The van der Waals surface area contributed by atoms with Crippen molar-refractivity contribution in [3.63, 3.8) is 0 Å². The largest absolute Gasteiger partial charge is 0.481 e. The minimum absolute atomic E-state index is 0.134. The highest BCUT2D eigenvalue weighted by Crippen LogP contribution is 2.32. The zero-order chi connectivity index (χ0) is 19.6. The summed E-state index contributed by atoms with van der Waals surface area (Å²) in [6.45, 7) is 6.12. The van der Waals surface area contributed by atoms with E-state index in [2.05, 4.69) is 49.4 Å². The highest BCUT2D eigenvalue weighted by molar-refractivity contribution is 6.31. The van der Waals surface area contributed by atoms with Crippen LogP contribution in [0, 0.1) is 20.8 Å². The van der Waals surface area contributed by atoms with Crippen LogP contribution >= 0.6 is 11.6 Å². The van der Waals surface area contributed by atoms with Crippen LogP contribution in [0.1, 0.15) is 28.7 Å². The van der Waals surface area contributed by atoms with E-state index in [4.69, 9.17) is 16.7 Å². The molecule has 3 heteroatoms. The van der Waals surface area contributed by atoms with Gasteiger partial charge in [-0.15, -0.1) is 0 Å². The molecule has 0 fully saturated rings. The molecule has 0 bridgehead atoms. The van der Waals surface area contributed by atoms with Gasteiger partial charge in [-0.3, -0.25) is 4.79 Å². The Morgan fingerprint density at radius 1 is 0.852 bits per heavy atom. The highest BCUT2D eigenvalue weighted by atomic mass is 35.5. The normalized spacial score (nSPS) is 10.8. The van der Waals surface area contributed by atoms with E-state index in [0.29, 0.717) is 6.42 Å². The molecule has 0 aliphatic rings. The minimum Gasteiger partial charge on any atom is -0.481 e. The van der Waals surface area contributed by atoms with E-state index in [-0.39, 0.29) is 6.42 Å². The van der Waals surface area contributed by atoms with Gasteiger partial charge in [0.05, 0.1) is 0 Å². The van der Waals surface area contributed by atoms with E-state index in [1.807, 2.05) is 26.0 Å². The van der Waals surface area contributed by atoms with Gasteiger partial charge in [-0.25, -0.2) is 0 Å². The van der Waals surface area contributed by atoms with E-state index < -0.39 is 5.97 Å².